The van der Waals surface area contributed by atoms with Gasteiger partial charge in [-0.15, -0.1) is 0 Å². The summed E-state index contributed by atoms with van der Waals surface area (Å²) in [4.78, 5) is 25.3. The summed E-state index contributed by atoms with van der Waals surface area (Å²) in [5.74, 6) is 0.135. The van der Waals surface area contributed by atoms with Gasteiger partial charge in [-0.1, -0.05) is 6.58 Å². The Morgan fingerprint density at radius 1 is 1.43 bits per heavy atom. The van der Waals surface area contributed by atoms with Crippen LogP contribution in [0.1, 0.15) is 24.8 Å². The molecule has 2 heterocycles. The van der Waals surface area contributed by atoms with Crippen LogP contribution in [-0.4, -0.2) is 36.3 Å². The Labute approximate surface area is 129 Å². The number of hydrogen-bond donors (Lipinski definition) is 1. The molecule has 4 nitrogen and oxygen atoms in total. The van der Waals surface area contributed by atoms with Crippen molar-refractivity contribution in [3.8, 4) is 0 Å². The minimum absolute atomic E-state index is 0.0374. The monoisotopic (exact) mass is 306 g/mol. The third kappa shape index (κ3) is 4.70. The molecule has 0 aromatic carbocycles. The van der Waals surface area contributed by atoms with E-state index in [0.29, 0.717) is 13.1 Å². The van der Waals surface area contributed by atoms with Crippen LogP contribution in [0.5, 0.6) is 0 Å². The topological polar surface area (TPSA) is 49.4 Å². The van der Waals surface area contributed by atoms with Gasteiger partial charge in [-0.05, 0) is 54.1 Å². The number of likely N-dealkylation sites (tertiary alicyclic amines) is 1. The molecule has 1 fully saturated rings. The second-order valence-corrected chi connectivity index (χ2v) is 6.11. The first-order valence-corrected chi connectivity index (χ1v) is 8.35. The summed E-state index contributed by atoms with van der Waals surface area (Å²) in [6, 6.07) is 2.12. The number of nitrogens with one attached hydrogen (secondary N) is 1. The number of nitrogens with zero attached hydrogens (tertiary/aromatic N) is 1. The Morgan fingerprint density at radius 3 is 2.81 bits per heavy atom. The number of thiophene rings is 1. The summed E-state index contributed by atoms with van der Waals surface area (Å²) in [7, 11) is 0. The fraction of sp³-hybridized carbons (Fsp3) is 0.500. The lowest BCUT2D eigenvalue weighted by atomic mass is 9.96. The van der Waals surface area contributed by atoms with E-state index >= 15 is 0 Å². The van der Waals surface area contributed by atoms with E-state index in [9.17, 15) is 9.59 Å². The Kier molecular flexibility index (Phi) is 5.99. The van der Waals surface area contributed by atoms with Crippen molar-refractivity contribution < 1.29 is 9.59 Å². The first-order chi connectivity index (χ1) is 10.2. The minimum Gasteiger partial charge on any atom is -0.356 e. The highest BCUT2D eigenvalue weighted by molar-refractivity contribution is 7.07. The van der Waals surface area contributed by atoms with Crippen LogP contribution in [0.2, 0.25) is 0 Å². The van der Waals surface area contributed by atoms with E-state index in [4.69, 9.17) is 0 Å². The summed E-state index contributed by atoms with van der Waals surface area (Å²) in [6.45, 7) is 5.52. The maximum Gasteiger partial charge on any atom is 0.245 e. The van der Waals surface area contributed by atoms with E-state index in [1.807, 2.05) is 0 Å². The molecular weight excluding hydrogens is 284 g/mol. The van der Waals surface area contributed by atoms with Crippen LogP contribution in [0.4, 0.5) is 0 Å². The largest absolute Gasteiger partial charge is 0.356 e. The van der Waals surface area contributed by atoms with Crippen LogP contribution in [0.15, 0.2) is 29.5 Å². The van der Waals surface area contributed by atoms with Gasteiger partial charge in [0.2, 0.25) is 11.8 Å². The number of rotatable bonds is 6. The van der Waals surface area contributed by atoms with Gasteiger partial charge in [-0.2, -0.15) is 11.3 Å². The van der Waals surface area contributed by atoms with Crippen molar-refractivity contribution in [3.05, 3.63) is 35.0 Å². The molecule has 0 unspecified atom stereocenters. The molecule has 0 saturated carbocycles. The van der Waals surface area contributed by atoms with Crippen molar-refractivity contribution in [3.63, 3.8) is 0 Å². The summed E-state index contributed by atoms with van der Waals surface area (Å²) in [5, 5.41) is 7.24. The van der Waals surface area contributed by atoms with Gasteiger partial charge >= 0.3 is 0 Å². The predicted molar refractivity (Wildman–Crippen MR) is 85.2 cm³/mol. The van der Waals surface area contributed by atoms with E-state index in [1.54, 1.807) is 16.2 Å². The normalized spacial score (nSPS) is 15.7. The van der Waals surface area contributed by atoms with Crippen LogP contribution in [0, 0.1) is 5.92 Å². The summed E-state index contributed by atoms with van der Waals surface area (Å²) >= 11 is 1.70. The van der Waals surface area contributed by atoms with Crippen LogP contribution < -0.4 is 5.32 Å². The molecule has 1 aliphatic heterocycles. The van der Waals surface area contributed by atoms with Crippen molar-refractivity contribution in [2.45, 2.75) is 25.7 Å². The summed E-state index contributed by atoms with van der Waals surface area (Å²) in [5.41, 5.74) is 1.34. The summed E-state index contributed by atoms with van der Waals surface area (Å²) < 4.78 is 0. The average molecular weight is 306 g/mol. The number of piperidine rings is 1. The molecule has 0 bridgehead atoms. The lowest BCUT2D eigenvalue weighted by Crippen LogP contribution is -2.42. The van der Waals surface area contributed by atoms with E-state index in [-0.39, 0.29) is 17.7 Å². The van der Waals surface area contributed by atoms with Gasteiger partial charge in [0.15, 0.2) is 0 Å². The van der Waals surface area contributed by atoms with Crippen LogP contribution in [0.25, 0.3) is 0 Å². The van der Waals surface area contributed by atoms with Crippen molar-refractivity contribution in [1.29, 1.82) is 0 Å². The molecule has 1 aliphatic rings. The predicted octanol–water partition coefficient (Wildman–Crippen LogP) is 2.22. The third-order valence-electron chi connectivity index (χ3n) is 3.87. The molecule has 1 aromatic heterocycles. The second kappa shape index (κ2) is 7.98. The fourth-order valence-corrected chi connectivity index (χ4v) is 3.28. The van der Waals surface area contributed by atoms with Crippen LogP contribution in [0.3, 0.4) is 0 Å². The Morgan fingerprint density at radius 2 is 2.19 bits per heavy atom. The summed E-state index contributed by atoms with van der Waals surface area (Å²) in [6.07, 6.45) is 4.81. The number of hydrogen-bond acceptors (Lipinski definition) is 3. The zero-order valence-electron chi connectivity index (χ0n) is 12.2. The maximum atomic E-state index is 12.1. The molecule has 1 saturated heterocycles. The van der Waals surface area contributed by atoms with Crippen LogP contribution >= 0.6 is 11.3 Å². The molecule has 1 aromatic rings. The molecule has 2 rings (SSSR count). The highest BCUT2D eigenvalue weighted by Crippen LogP contribution is 2.17. The molecule has 0 aliphatic carbocycles. The number of amides is 2. The van der Waals surface area contributed by atoms with E-state index in [0.717, 1.165) is 32.2 Å². The Bertz CT molecular complexity index is 476. The van der Waals surface area contributed by atoms with Gasteiger partial charge in [0.25, 0.3) is 0 Å². The van der Waals surface area contributed by atoms with E-state index in [2.05, 4.69) is 28.7 Å². The second-order valence-electron chi connectivity index (χ2n) is 5.33. The molecule has 1 N–H and O–H groups in total. The first kappa shape index (κ1) is 15.8. The molecular formula is C16H22N2O2S. The van der Waals surface area contributed by atoms with E-state index < -0.39 is 0 Å². The molecule has 5 heteroatoms. The molecule has 0 atom stereocenters. The molecule has 114 valence electrons. The number of carbonyl (C=O) groups excluding carboxylic acids is 2. The SMILES string of the molecule is C=CC(=O)N1CCC(C(=O)NCCCc2ccsc2)CC1. The van der Waals surface area contributed by atoms with Crippen molar-refractivity contribution in [1.82, 2.24) is 10.2 Å². The molecule has 0 radical (unpaired) electrons. The Balaban J connectivity index is 1.63. The zero-order valence-corrected chi connectivity index (χ0v) is 13.0. The number of carbonyl (C=O) groups is 2. The highest BCUT2D eigenvalue weighted by Gasteiger charge is 2.25. The quantitative estimate of drug-likeness (QED) is 0.647. The van der Waals surface area contributed by atoms with Crippen LogP contribution in [-0.2, 0) is 16.0 Å². The molecule has 0 spiro atoms. The van der Waals surface area contributed by atoms with Gasteiger partial charge in [0.05, 0.1) is 0 Å². The van der Waals surface area contributed by atoms with Crippen molar-refractivity contribution >= 4 is 23.2 Å². The molecule has 21 heavy (non-hydrogen) atoms. The Hall–Kier alpha value is -1.62. The van der Waals surface area contributed by atoms with E-state index in [1.165, 1.54) is 11.6 Å². The van der Waals surface area contributed by atoms with Gasteiger partial charge in [0.1, 0.15) is 0 Å². The minimum atomic E-state index is -0.0374. The highest BCUT2D eigenvalue weighted by atomic mass is 32.1. The first-order valence-electron chi connectivity index (χ1n) is 7.41. The van der Waals surface area contributed by atoms with Crippen molar-refractivity contribution in [2.75, 3.05) is 19.6 Å². The fourth-order valence-electron chi connectivity index (χ4n) is 2.57. The zero-order chi connectivity index (χ0) is 15.1. The van der Waals surface area contributed by atoms with Crippen molar-refractivity contribution in [2.24, 2.45) is 5.92 Å². The van der Waals surface area contributed by atoms with Gasteiger partial charge in [0, 0.05) is 25.6 Å². The van der Waals surface area contributed by atoms with Gasteiger partial charge < -0.3 is 10.2 Å². The standard InChI is InChI=1S/C16H22N2O2S/c1-2-15(19)18-9-5-14(6-10-18)16(20)17-8-3-4-13-7-11-21-12-13/h2,7,11-12,14H,1,3-6,8-10H2,(H,17,20). The lowest BCUT2D eigenvalue weighted by molar-refractivity contribution is -0.132. The lowest BCUT2D eigenvalue weighted by Gasteiger charge is -2.30. The average Bonchev–Trinajstić information content (AvgIpc) is 3.04. The maximum absolute atomic E-state index is 12.1. The van der Waals surface area contributed by atoms with Gasteiger partial charge in [-0.3, -0.25) is 9.59 Å². The van der Waals surface area contributed by atoms with Gasteiger partial charge in [-0.25, -0.2) is 0 Å². The smallest absolute Gasteiger partial charge is 0.245 e. The molecule has 2 amide bonds. The third-order valence-corrected chi connectivity index (χ3v) is 4.61. The number of aryl methyl sites for hydroxylation is 1.